The highest BCUT2D eigenvalue weighted by Crippen LogP contribution is 2.25. The van der Waals surface area contributed by atoms with E-state index in [4.69, 9.17) is 0 Å². The van der Waals surface area contributed by atoms with Crippen molar-refractivity contribution in [1.82, 2.24) is 9.29 Å². The van der Waals surface area contributed by atoms with Gasteiger partial charge in [0.1, 0.15) is 0 Å². The summed E-state index contributed by atoms with van der Waals surface area (Å²) in [6, 6.07) is 6.65. The molecule has 1 aromatic carbocycles. The van der Waals surface area contributed by atoms with E-state index in [0.29, 0.717) is 18.7 Å². The average Bonchev–Trinajstić information content (AvgIpc) is 3.02. The predicted molar refractivity (Wildman–Crippen MR) is 83.1 cm³/mol. The second-order valence-electron chi connectivity index (χ2n) is 5.38. The Morgan fingerprint density at radius 3 is 2.86 bits per heavy atom. The van der Waals surface area contributed by atoms with Gasteiger partial charge in [-0.2, -0.15) is 0 Å². The minimum absolute atomic E-state index is 0.110. The molecule has 0 spiro atoms. The van der Waals surface area contributed by atoms with E-state index in [1.54, 1.807) is 12.1 Å². The maximum absolute atomic E-state index is 12.3. The maximum Gasteiger partial charge on any atom is 0.240 e. The fourth-order valence-corrected chi connectivity index (χ4v) is 3.58. The molecule has 1 aliphatic heterocycles. The summed E-state index contributed by atoms with van der Waals surface area (Å²) in [6.07, 6.45) is 4.74. The average molecular weight is 319 g/mol. The lowest BCUT2D eigenvalue weighted by atomic mass is 10.2. The molecule has 2 heterocycles. The summed E-state index contributed by atoms with van der Waals surface area (Å²) in [5.74, 6) is -0.110. The fourth-order valence-electron chi connectivity index (χ4n) is 2.49. The highest BCUT2D eigenvalue weighted by atomic mass is 32.2. The van der Waals surface area contributed by atoms with Gasteiger partial charge in [-0.25, -0.2) is 13.1 Å². The molecule has 1 aromatic heterocycles. The van der Waals surface area contributed by atoms with Crippen LogP contribution in [0.2, 0.25) is 0 Å². The molecule has 3 rings (SSSR count). The second kappa shape index (κ2) is 5.58. The minimum atomic E-state index is -3.56. The highest BCUT2D eigenvalue weighted by Gasteiger charge is 2.21. The molecule has 0 saturated heterocycles. The summed E-state index contributed by atoms with van der Waals surface area (Å²) in [5.41, 5.74) is 2.48. The number of hydrogen-bond donors (Lipinski definition) is 2. The van der Waals surface area contributed by atoms with Crippen molar-refractivity contribution >= 4 is 21.6 Å². The van der Waals surface area contributed by atoms with Crippen molar-refractivity contribution < 1.29 is 13.2 Å². The van der Waals surface area contributed by atoms with Crippen LogP contribution in [0.1, 0.15) is 11.1 Å². The van der Waals surface area contributed by atoms with E-state index in [2.05, 4.69) is 10.0 Å². The third-order valence-corrected chi connectivity index (χ3v) is 5.07. The van der Waals surface area contributed by atoms with Crippen molar-refractivity contribution in [3.05, 3.63) is 47.8 Å². The monoisotopic (exact) mass is 319 g/mol. The third-order valence-electron chi connectivity index (χ3n) is 3.61. The third kappa shape index (κ3) is 3.05. The summed E-state index contributed by atoms with van der Waals surface area (Å²) in [5, 5.41) is 2.69. The Hall–Kier alpha value is -2.12. The lowest BCUT2D eigenvalue weighted by Gasteiger charge is -2.07. The van der Waals surface area contributed by atoms with Crippen molar-refractivity contribution in [3.8, 4) is 0 Å². The summed E-state index contributed by atoms with van der Waals surface area (Å²) in [7, 11) is -1.63. The van der Waals surface area contributed by atoms with E-state index in [1.165, 1.54) is 6.07 Å². The number of fused-ring (bicyclic) bond motifs is 1. The van der Waals surface area contributed by atoms with Crippen LogP contribution in [0.15, 0.2) is 41.6 Å². The van der Waals surface area contributed by atoms with Gasteiger partial charge in [-0.15, -0.1) is 0 Å². The number of nitrogens with zero attached hydrogens (tertiary/aromatic N) is 1. The van der Waals surface area contributed by atoms with Gasteiger partial charge >= 0.3 is 0 Å². The zero-order valence-electron chi connectivity index (χ0n) is 12.2. The topological polar surface area (TPSA) is 80.2 Å². The Morgan fingerprint density at radius 1 is 1.32 bits per heavy atom. The number of carbonyl (C=O) groups excluding carboxylic acids is 1. The van der Waals surface area contributed by atoms with E-state index in [0.717, 1.165) is 11.1 Å². The standard InChI is InChI=1S/C15H17N3O3S/c1-18-7-5-11(10-18)4-6-16-22(20,21)13-2-3-14-12(8-13)9-15(19)17-14/h2-3,5,7-8,10,16H,4,6,9H2,1H3,(H,17,19). The molecule has 2 N–H and O–H groups in total. The molecule has 22 heavy (non-hydrogen) atoms. The van der Waals surface area contributed by atoms with Crippen LogP contribution in [0.4, 0.5) is 5.69 Å². The number of nitrogens with one attached hydrogen (secondary N) is 2. The maximum atomic E-state index is 12.3. The van der Waals surface area contributed by atoms with Crippen molar-refractivity contribution in [2.45, 2.75) is 17.7 Å². The Bertz CT molecular complexity index is 824. The first-order chi connectivity index (χ1) is 10.4. The normalized spacial score (nSPS) is 14.0. The van der Waals surface area contributed by atoms with E-state index in [1.807, 2.05) is 30.1 Å². The van der Waals surface area contributed by atoms with Gasteiger partial charge in [-0.05, 0) is 41.8 Å². The SMILES string of the molecule is Cn1ccc(CCNS(=O)(=O)c2ccc3c(c2)CC(=O)N3)c1. The van der Waals surface area contributed by atoms with Crippen LogP contribution in [-0.4, -0.2) is 25.4 Å². The number of hydrogen-bond acceptors (Lipinski definition) is 3. The van der Waals surface area contributed by atoms with Gasteiger partial charge in [-0.3, -0.25) is 4.79 Å². The minimum Gasteiger partial charge on any atom is -0.357 e. The largest absolute Gasteiger partial charge is 0.357 e. The lowest BCUT2D eigenvalue weighted by molar-refractivity contribution is -0.115. The van der Waals surface area contributed by atoms with E-state index >= 15 is 0 Å². The number of benzene rings is 1. The first kappa shape index (κ1) is 14.8. The van der Waals surface area contributed by atoms with Crippen molar-refractivity contribution in [2.75, 3.05) is 11.9 Å². The van der Waals surface area contributed by atoms with Crippen molar-refractivity contribution in [3.63, 3.8) is 0 Å². The number of sulfonamides is 1. The highest BCUT2D eigenvalue weighted by molar-refractivity contribution is 7.89. The van der Waals surface area contributed by atoms with Crippen LogP contribution in [0, 0.1) is 0 Å². The van der Waals surface area contributed by atoms with E-state index in [9.17, 15) is 13.2 Å². The molecule has 1 amide bonds. The van der Waals surface area contributed by atoms with Gasteiger partial charge in [0.15, 0.2) is 0 Å². The van der Waals surface area contributed by atoms with Gasteiger partial charge in [0.25, 0.3) is 0 Å². The first-order valence-electron chi connectivity index (χ1n) is 6.97. The second-order valence-corrected chi connectivity index (χ2v) is 7.14. The molecule has 1 aliphatic rings. The number of amides is 1. The molecule has 7 heteroatoms. The quantitative estimate of drug-likeness (QED) is 0.864. The van der Waals surface area contributed by atoms with E-state index in [-0.39, 0.29) is 17.2 Å². The molecule has 0 aliphatic carbocycles. The zero-order chi connectivity index (χ0) is 15.7. The number of aromatic nitrogens is 1. The Kier molecular flexibility index (Phi) is 3.76. The summed E-state index contributed by atoms with van der Waals surface area (Å²) < 4.78 is 29.1. The molecule has 2 aromatic rings. The van der Waals surface area contributed by atoms with E-state index < -0.39 is 10.0 Å². The van der Waals surface area contributed by atoms with Crippen LogP contribution in [0.3, 0.4) is 0 Å². The van der Waals surface area contributed by atoms with Gasteiger partial charge in [0.2, 0.25) is 15.9 Å². The van der Waals surface area contributed by atoms with Crippen LogP contribution in [0.5, 0.6) is 0 Å². The Labute approximate surface area is 129 Å². The van der Waals surface area contributed by atoms with Gasteiger partial charge in [-0.1, -0.05) is 0 Å². The molecule has 0 radical (unpaired) electrons. The summed E-state index contributed by atoms with van der Waals surface area (Å²) in [6.45, 7) is 0.334. The smallest absolute Gasteiger partial charge is 0.240 e. The van der Waals surface area contributed by atoms with Crippen LogP contribution in [0.25, 0.3) is 0 Å². The molecule has 6 nitrogen and oxygen atoms in total. The molecule has 0 unspecified atom stereocenters. The zero-order valence-corrected chi connectivity index (χ0v) is 13.0. The van der Waals surface area contributed by atoms with Gasteiger partial charge in [0.05, 0.1) is 11.3 Å². The van der Waals surface area contributed by atoms with Crippen LogP contribution in [-0.2, 0) is 34.7 Å². The first-order valence-corrected chi connectivity index (χ1v) is 8.46. The number of carbonyl (C=O) groups is 1. The molecular weight excluding hydrogens is 302 g/mol. The molecule has 0 atom stereocenters. The Balaban J connectivity index is 1.68. The summed E-state index contributed by atoms with van der Waals surface area (Å²) >= 11 is 0. The molecule has 0 bridgehead atoms. The fraction of sp³-hybridized carbons (Fsp3) is 0.267. The van der Waals surface area contributed by atoms with Crippen molar-refractivity contribution in [1.29, 1.82) is 0 Å². The van der Waals surface area contributed by atoms with Gasteiger partial charge < -0.3 is 9.88 Å². The number of rotatable bonds is 5. The lowest BCUT2D eigenvalue weighted by Crippen LogP contribution is -2.26. The molecule has 0 saturated carbocycles. The molecular formula is C15H17N3O3S. The summed E-state index contributed by atoms with van der Waals surface area (Å²) in [4.78, 5) is 11.5. The van der Waals surface area contributed by atoms with Gasteiger partial charge in [0, 0.05) is 31.7 Å². The Morgan fingerprint density at radius 2 is 2.14 bits per heavy atom. The number of aryl methyl sites for hydroxylation is 1. The predicted octanol–water partition coefficient (Wildman–Crippen LogP) is 1.04. The van der Waals surface area contributed by atoms with Crippen LogP contribution < -0.4 is 10.0 Å². The molecule has 116 valence electrons. The number of anilines is 1. The van der Waals surface area contributed by atoms with Crippen LogP contribution >= 0.6 is 0 Å². The molecule has 0 fully saturated rings. The van der Waals surface area contributed by atoms with Crippen molar-refractivity contribution in [2.24, 2.45) is 7.05 Å².